The Labute approximate surface area is 56.6 Å². The van der Waals surface area contributed by atoms with Gasteiger partial charge in [-0.2, -0.15) is 0 Å². The van der Waals surface area contributed by atoms with Gasteiger partial charge in [-0.05, 0) is 55.8 Å². The Morgan fingerprint density at radius 1 is 0.667 bits per heavy atom. The Hall–Kier alpha value is 0. The van der Waals surface area contributed by atoms with Gasteiger partial charge in [0.25, 0.3) is 0 Å². The van der Waals surface area contributed by atoms with E-state index in [-0.39, 0.29) is 0 Å². The fourth-order valence-electron chi connectivity index (χ4n) is 3.81. The second-order valence-electron chi connectivity index (χ2n) is 4.24. The molecule has 3 aliphatic carbocycles. The molecule has 50 valence electrons. The third-order valence-electron chi connectivity index (χ3n) is 4.11. The molecule has 0 heterocycles. The van der Waals surface area contributed by atoms with Crippen LogP contribution in [0.2, 0.25) is 0 Å². The molecule has 0 aliphatic heterocycles. The standard InChI is InChI=1S/C9H14/c1-3-8-7-2-4-9(8)6(1)5-7/h6-9H,1-5H2. The van der Waals surface area contributed by atoms with E-state index in [4.69, 9.17) is 0 Å². The first-order chi connectivity index (χ1) is 4.45. The lowest BCUT2D eigenvalue weighted by atomic mass is 9.86. The van der Waals surface area contributed by atoms with Crippen LogP contribution in [0.5, 0.6) is 0 Å². The zero-order valence-electron chi connectivity index (χ0n) is 5.84. The van der Waals surface area contributed by atoms with Crippen LogP contribution in [0, 0.1) is 23.7 Å². The van der Waals surface area contributed by atoms with Crippen molar-refractivity contribution in [3.8, 4) is 0 Å². The first kappa shape index (κ1) is 4.76. The van der Waals surface area contributed by atoms with Gasteiger partial charge in [0.1, 0.15) is 0 Å². The van der Waals surface area contributed by atoms with E-state index in [1.165, 1.54) is 23.7 Å². The summed E-state index contributed by atoms with van der Waals surface area (Å²) in [6.45, 7) is 0. The second kappa shape index (κ2) is 1.36. The molecule has 3 fully saturated rings. The van der Waals surface area contributed by atoms with Crippen molar-refractivity contribution in [3.05, 3.63) is 0 Å². The SMILES string of the molecule is C1CC2C3CCC2C1C3. The number of rotatable bonds is 0. The van der Waals surface area contributed by atoms with Crippen LogP contribution in [0.25, 0.3) is 0 Å². The van der Waals surface area contributed by atoms with E-state index in [2.05, 4.69) is 0 Å². The molecular formula is C9H14. The Balaban J connectivity index is 2.02. The highest BCUT2D eigenvalue weighted by Crippen LogP contribution is 2.60. The second-order valence-corrected chi connectivity index (χ2v) is 4.24. The molecule has 0 aromatic heterocycles. The molecule has 0 heteroatoms. The van der Waals surface area contributed by atoms with Crippen LogP contribution in [0.15, 0.2) is 0 Å². The van der Waals surface area contributed by atoms with Crippen molar-refractivity contribution in [2.24, 2.45) is 23.7 Å². The molecule has 0 nitrogen and oxygen atoms in total. The van der Waals surface area contributed by atoms with Gasteiger partial charge in [0, 0.05) is 0 Å². The predicted octanol–water partition coefficient (Wildman–Crippen LogP) is 2.44. The molecule has 3 aliphatic rings. The van der Waals surface area contributed by atoms with Gasteiger partial charge in [-0.3, -0.25) is 0 Å². The summed E-state index contributed by atoms with van der Waals surface area (Å²) in [6, 6.07) is 0. The van der Waals surface area contributed by atoms with E-state index >= 15 is 0 Å². The molecule has 4 bridgehead atoms. The van der Waals surface area contributed by atoms with Gasteiger partial charge in [-0.25, -0.2) is 0 Å². The normalized spacial score (nSPS) is 61.3. The Morgan fingerprint density at radius 3 is 1.56 bits per heavy atom. The molecule has 3 saturated carbocycles. The van der Waals surface area contributed by atoms with E-state index in [1.54, 1.807) is 32.1 Å². The van der Waals surface area contributed by atoms with Crippen LogP contribution in [-0.4, -0.2) is 0 Å². The maximum absolute atomic E-state index is 1.62. The molecule has 0 aromatic carbocycles. The maximum Gasteiger partial charge on any atom is -0.0355 e. The van der Waals surface area contributed by atoms with Crippen LogP contribution < -0.4 is 0 Å². The molecule has 9 heavy (non-hydrogen) atoms. The van der Waals surface area contributed by atoms with Crippen LogP contribution in [0.1, 0.15) is 32.1 Å². The third kappa shape index (κ3) is 0.426. The molecule has 4 unspecified atom stereocenters. The summed E-state index contributed by atoms with van der Waals surface area (Å²) in [6.07, 6.45) is 7.99. The fourth-order valence-corrected chi connectivity index (χ4v) is 3.81. The average Bonchev–Trinajstić information content (AvgIpc) is 2.50. The molecule has 0 aromatic rings. The summed E-state index contributed by atoms with van der Waals surface area (Å²) in [5.74, 6) is 4.84. The Bertz CT molecular complexity index is 123. The average molecular weight is 122 g/mol. The highest BCUT2D eigenvalue weighted by Gasteiger charge is 2.51. The van der Waals surface area contributed by atoms with Gasteiger partial charge in [-0.1, -0.05) is 0 Å². The highest BCUT2D eigenvalue weighted by molar-refractivity contribution is 5.01. The molecule has 0 spiro atoms. The van der Waals surface area contributed by atoms with E-state index in [0.717, 1.165) is 0 Å². The smallest absolute Gasteiger partial charge is 0.0355 e. The molecule has 0 radical (unpaired) electrons. The largest absolute Gasteiger partial charge is 0.0499 e. The first-order valence-electron chi connectivity index (χ1n) is 4.45. The topological polar surface area (TPSA) is 0 Å². The van der Waals surface area contributed by atoms with Gasteiger partial charge in [-0.15, -0.1) is 0 Å². The predicted molar refractivity (Wildman–Crippen MR) is 37.0 cm³/mol. The lowest BCUT2D eigenvalue weighted by Crippen LogP contribution is -2.08. The van der Waals surface area contributed by atoms with Crippen LogP contribution in [0.3, 0.4) is 0 Å². The summed E-state index contributed by atoms with van der Waals surface area (Å²) in [5.41, 5.74) is 0. The highest BCUT2D eigenvalue weighted by atomic mass is 14.6. The maximum atomic E-state index is 1.62. The van der Waals surface area contributed by atoms with E-state index in [9.17, 15) is 0 Å². The lowest BCUT2D eigenvalue weighted by molar-refractivity contribution is 0.315. The minimum absolute atomic E-state index is 1.20. The van der Waals surface area contributed by atoms with Crippen molar-refractivity contribution in [2.75, 3.05) is 0 Å². The van der Waals surface area contributed by atoms with Gasteiger partial charge in [0.15, 0.2) is 0 Å². The van der Waals surface area contributed by atoms with Crippen LogP contribution >= 0.6 is 0 Å². The molecule has 0 saturated heterocycles. The number of hydrogen-bond donors (Lipinski definition) is 0. The Morgan fingerprint density at radius 2 is 1.22 bits per heavy atom. The van der Waals surface area contributed by atoms with Crippen molar-refractivity contribution >= 4 is 0 Å². The summed E-state index contributed by atoms with van der Waals surface area (Å²) >= 11 is 0. The van der Waals surface area contributed by atoms with Crippen LogP contribution in [0.4, 0.5) is 0 Å². The summed E-state index contributed by atoms with van der Waals surface area (Å²) in [7, 11) is 0. The van der Waals surface area contributed by atoms with Gasteiger partial charge in [0.05, 0.1) is 0 Å². The minimum atomic E-state index is 1.20. The first-order valence-corrected chi connectivity index (χ1v) is 4.45. The quantitative estimate of drug-likeness (QED) is 0.463. The van der Waals surface area contributed by atoms with E-state index in [0.29, 0.717) is 0 Å². The van der Waals surface area contributed by atoms with E-state index < -0.39 is 0 Å². The molecule has 0 amide bonds. The zero-order chi connectivity index (χ0) is 5.84. The zero-order valence-corrected chi connectivity index (χ0v) is 5.84. The van der Waals surface area contributed by atoms with Gasteiger partial charge < -0.3 is 0 Å². The summed E-state index contributed by atoms with van der Waals surface area (Å²) in [5, 5.41) is 0. The molecule has 3 rings (SSSR count). The Kier molecular flexibility index (Phi) is 0.717. The summed E-state index contributed by atoms with van der Waals surface area (Å²) < 4.78 is 0. The van der Waals surface area contributed by atoms with Crippen LogP contribution in [-0.2, 0) is 0 Å². The van der Waals surface area contributed by atoms with Crippen molar-refractivity contribution in [1.29, 1.82) is 0 Å². The van der Waals surface area contributed by atoms with Crippen molar-refractivity contribution in [1.82, 2.24) is 0 Å². The number of hydrogen-bond acceptors (Lipinski definition) is 0. The molecule has 4 atom stereocenters. The molecule has 0 N–H and O–H groups in total. The molecular weight excluding hydrogens is 108 g/mol. The fraction of sp³-hybridized carbons (Fsp3) is 1.00. The third-order valence-corrected chi connectivity index (χ3v) is 4.11. The van der Waals surface area contributed by atoms with E-state index in [1.807, 2.05) is 0 Å². The van der Waals surface area contributed by atoms with Crippen molar-refractivity contribution < 1.29 is 0 Å². The van der Waals surface area contributed by atoms with Crippen molar-refractivity contribution in [3.63, 3.8) is 0 Å². The van der Waals surface area contributed by atoms with Gasteiger partial charge in [0.2, 0.25) is 0 Å². The van der Waals surface area contributed by atoms with Crippen molar-refractivity contribution in [2.45, 2.75) is 32.1 Å². The monoisotopic (exact) mass is 122 g/mol. The lowest BCUT2D eigenvalue weighted by Gasteiger charge is -2.20. The minimum Gasteiger partial charge on any atom is -0.0499 e. The van der Waals surface area contributed by atoms with Gasteiger partial charge >= 0.3 is 0 Å². The summed E-state index contributed by atoms with van der Waals surface area (Å²) in [4.78, 5) is 0.